The van der Waals surface area contributed by atoms with Crippen LogP contribution in [0.2, 0.25) is 0 Å². The summed E-state index contributed by atoms with van der Waals surface area (Å²) in [5, 5.41) is 4.55. The van der Waals surface area contributed by atoms with Crippen LogP contribution in [0, 0.1) is 11.7 Å². The van der Waals surface area contributed by atoms with Gasteiger partial charge in [-0.1, -0.05) is 30.3 Å². The van der Waals surface area contributed by atoms with Crippen molar-refractivity contribution >= 4 is 32.4 Å². The first kappa shape index (κ1) is 21.3. The van der Waals surface area contributed by atoms with Crippen LogP contribution in [0.25, 0.3) is 10.8 Å². The summed E-state index contributed by atoms with van der Waals surface area (Å²) in [6, 6.07) is 16.9. The molecule has 3 aromatic rings. The second kappa shape index (κ2) is 8.64. The van der Waals surface area contributed by atoms with Crippen LogP contribution in [0.15, 0.2) is 65.6 Å². The number of ether oxygens (including phenoxy) is 1. The highest BCUT2D eigenvalue weighted by molar-refractivity contribution is 7.89. The van der Waals surface area contributed by atoms with Gasteiger partial charge in [0.2, 0.25) is 15.9 Å². The molecule has 6 nitrogen and oxygen atoms in total. The average molecular weight is 443 g/mol. The van der Waals surface area contributed by atoms with Gasteiger partial charge in [-0.15, -0.1) is 0 Å². The maximum Gasteiger partial charge on any atom is 0.243 e. The summed E-state index contributed by atoms with van der Waals surface area (Å²) in [5.74, 6) is -1.04. The highest BCUT2D eigenvalue weighted by atomic mass is 32.2. The molecule has 4 rings (SSSR count). The molecular formula is C23H23FN2O4S. The quantitative estimate of drug-likeness (QED) is 0.647. The summed E-state index contributed by atoms with van der Waals surface area (Å²) in [4.78, 5) is 12.8. The lowest BCUT2D eigenvalue weighted by Gasteiger charge is -2.30. The summed E-state index contributed by atoms with van der Waals surface area (Å²) in [6.07, 6.45) is 0.800. The van der Waals surface area contributed by atoms with E-state index in [4.69, 9.17) is 4.74 Å². The maximum atomic E-state index is 13.8. The zero-order valence-corrected chi connectivity index (χ0v) is 17.9. The summed E-state index contributed by atoms with van der Waals surface area (Å²) < 4.78 is 46.3. The summed E-state index contributed by atoms with van der Waals surface area (Å²) in [7, 11) is -2.27. The van der Waals surface area contributed by atoms with E-state index in [-0.39, 0.29) is 35.6 Å². The second-order valence-electron chi connectivity index (χ2n) is 7.53. The Morgan fingerprint density at radius 1 is 1.03 bits per heavy atom. The molecule has 1 N–H and O–H groups in total. The Labute approximate surface area is 180 Å². The third-order valence-electron chi connectivity index (χ3n) is 5.60. The third kappa shape index (κ3) is 4.40. The molecule has 8 heteroatoms. The number of piperidine rings is 1. The van der Waals surface area contributed by atoms with Gasteiger partial charge in [0.15, 0.2) is 11.6 Å². The van der Waals surface area contributed by atoms with E-state index in [0.717, 1.165) is 10.8 Å². The predicted molar refractivity (Wildman–Crippen MR) is 117 cm³/mol. The second-order valence-corrected chi connectivity index (χ2v) is 9.46. The number of hydrogen-bond donors (Lipinski definition) is 1. The molecule has 1 fully saturated rings. The van der Waals surface area contributed by atoms with Gasteiger partial charge in [-0.3, -0.25) is 4.79 Å². The van der Waals surface area contributed by atoms with Gasteiger partial charge in [-0.05, 0) is 47.9 Å². The Hall–Kier alpha value is -2.97. The van der Waals surface area contributed by atoms with Crippen LogP contribution in [0.5, 0.6) is 5.75 Å². The van der Waals surface area contributed by atoms with Crippen molar-refractivity contribution in [2.75, 3.05) is 25.5 Å². The van der Waals surface area contributed by atoms with Gasteiger partial charge in [-0.2, -0.15) is 4.31 Å². The minimum absolute atomic E-state index is 0.102. The van der Waals surface area contributed by atoms with E-state index in [1.807, 2.05) is 24.3 Å². The van der Waals surface area contributed by atoms with Crippen molar-refractivity contribution in [2.24, 2.45) is 5.92 Å². The number of nitrogens with zero attached hydrogens (tertiary/aromatic N) is 1. The number of carbonyl (C=O) groups is 1. The number of rotatable bonds is 5. The maximum absolute atomic E-state index is 13.8. The average Bonchev–Trinajstić information content (AvgIpc) is 2.79. The SMILES string of the molecule is COc1ccc(NC(=O)C2CCN(S(=O)(=O)c3ccc4ccccc4c3)CC2)cc1F. The Morgan fingerprint density at radius 2 is 1.74 bits per heavy atom. The van der Waals surface area contributed by atoms with Gasteiger partial charge in [0.25, 0.3) is 0 Å². The van der Waals surface area contributed by atoms with Crippen LogP contribution in [0.1, 0.15) is 12.8 Å². The Balaban J connectivity index is 1.41. The lowest BCUT2D eigenvalue weighted by atomic mass is 9.97. The molecule has 0 bridgehead atoms. The molecule has 0 unspecified atom stereocenters. The zero-order chi connectivity index (χ0) is 22.0. The fourth-order valence-electron chi connectivity index (χ4n) is 3.82. The van der Waals surface area contributed by atoms with Gasteiger partial charge in [0, 0.05) is 30.8 Å². The molecule has 0 aliphatic carbocycles. The molecule has 0 radical (unpaired) electrons. The predicted octanol–water partition coefficient (Wildman–Crippen LogP) is 4.03. The zero-order valence-electron chi connectivity index (χ0n) is 17.0. The Bertz CT molecular complexity index is 1220. The summed E-state index contributed by atoms with van der Waals surface area (Å²) in [6.45, 7) is 0.508. The number of halogens is 1. The minimum atomic E-state index is -3.64. The first-order valence-corrected chi connectivity index (χ1v) is 11.5. The van der Waals surface area contributed by atoms with Crippen molar-refractivity contribution in [1.82, 2.24) is 4.31 Å². The van der Waals surface area contributed by atoms with Gasteiger partial charge < -0.3 is 10.1 Å². The van der Waals surface area contributed by atoms with E-state index in [9.17, 15) is 17.6 Å². The number of amides is 1. The van der Waals surface area contributed by atoms with Crippen molar-refractivity contribution in [1.29, 1.82) is 0 Å². The minimum Gasteiger partial charge on any atom is -0.494 e. The number of hydrogen-bond acceptors (Lipinski definition) is 4. The van der Waals surface area contributed by atoms with Gasteiger partial charge >= 0.3 is 0 Å². The monoisotopic (exact) mass is 442 g/mol. The van der Waals surface area contributed by atoms with Gasteiger partial charge in [-0.25, -0.2) is 12.8 Å². The largest absolute Gasteiger partial charge is 0.494 e. The van der Waals surface area contributed by atoms with Crippen LogP contribution in [-0.4, -0.2) is 38.8 Å². The molecule has 1 heterocycles. The van der Waals surface area contributed by atoms with E-state index < -0.39 is 15.8 Å². The van der Waals surface area contributed by atoms with Crippen molar-refractivity contribution in [2.45, 2.75) is 17.7 Å². The highest BCUT2D eigenvalue weighted by Crippen LogP contribution is 2.27. The Kier molecular flexibility index (Phi) is 5.93. The molecule has 1 saturated heterocycles. The number of carbonyl (C=O) groups excluding carboxylic acids is 1. The van der Waals surface area contributed by atoms with Crippen molar-refractivity contribution in [3.05, 3.63) is 66.5 Å². The lowest BCUT2D eigenvalue weighted by Crippen LogP contribution is -2.41. The van der Waals surface area contributed by atoms with E-state index >= 15 is 0 Å². The van der Waals surface area contributed by atoms with Crippen LogP contribution >= 0.6 is 0 Å². The first-order valence-electron chi connectivity index (χ1n) is 10.0. The third-order valence-corrected chi connectivity index (χ3v) is 7.50. The Morgan fingerprint density at radius 3 is 2.42 bits per heavy atom. The van der Waals surface area contributed by atoms with E-state index in [2.05, 4.69) is 5.32 Å². The molecular weight excluding hydrogens is 419 g/mol. The molecule has 162 valence electrons. The lowest BCUT2D eigenvalue weighted by molar-refractivity contribution is -0.120. The molecule has 1 aliphatic rings. The fraction of sp³-hybridized carbons (Fsp3) is 0.261. The normalized spacial score (nSPS) is 15.7. The molecule has 0 atom stereocenters. The van der Waals surface area contributed by atoms with E-state index in [0.29, 0.717) is 18.5 Å². The number of methoxy groups -OCH3 is 1. The van der Waals surface area contributed by atoms with Crippen molar-refractivity contribution in [3.8, 4) is 5.75 Å². The van der Waals surface area contributed by atoms with Gasteiger partial charge in [0.1, 0.15) is 0 Å². The van der Waals surface area contributed by atoms with Crippen LogP contribution < -0.4 is 10.1 Å². The molecule has 31 heavy (non-hydrogen) atoms. The first-order chi connectivity index (χ1) is 14.9. The van der Waals surface area contributed by atoms with E-state index in [1.54, 1.807) is 24.3 Å². The number of nitrogens with one attached hydrogen (secondary N) is 1. The van der Waals surface area contributed by atoms with Crippen LogP contribution in [-0.2, 0) is 14.8 Å². The molecule has 3 aromatic carbocycles. The smallest absolute Gasteiger partial charge is 0.243 e. The van der Waals surface area contributed by atoms with Crippen LogP contribution in [0.4, 0.5) is 10.1 Å². The van der Waals surface area contributed by atoms with E-state index in [1.165, 1.54) is 23.5 Å². The highest BCUT2D eigenvalue weighted by Gasteiger charge is 2.32. The molecule has 1 amide bonds. The summed E-state index contributed by atoms with van der Waals surface area (Å²) >= 11 is 0. The standard InChI is InChI=1S/C23H23FN2O4S/c1-30-22-9-7-19(15-21(22)24)25-23(27)17-10-12-26(13-11-17)31(28,29)20-8-6-16-4-2-3-5-18(16)14-20/h2-9,14-15,17H,10-13H2,1H3,(H,25,27). The molecule has 0 aromatic heterocycles. The fourth-order valence-corrected chi connectivity index (χ4v) is 5.33. The molecule has 0 saturated carbocycles. The molecule has 1 aliphatic heterocycles. The van der Waals surface area contributed by atoms with Gasteiger partial charge in [0.05, 0.1) is 12.0 Å². The summed E-state index contributed by atoms with van der Waals surface area (Å²) in [5.41, 5.74) is 0.342. The molecule has 0 spiro atoms. The number of anilines is 1. The number of benzene rings is 3. The van der Waals surface area contributed by atoms with Crippen LogP contribution in [0.3, 0.4) is 0 Å². The topological polar surface area (TPSA) is 75.7 Å². The van der Waals surface area contributed by atoms with Crippen molar-refractivity contribution in [3.63, 3.8) is 0 Å². The van der Waals surface area contributed by atoms with Crippen molar-refractivity contribution < 1.29 is 22.3 Å². The number of fused-ring (bicyclic) bond motifs is 1. The number of sulfonamides is 1.